The first-order valence-electron chi connectivity index (χ1n) is 9.42. The van der Waals surface area contributed by atoms with Crippen molar-refractivity contribution in [2.24, 2.45) is 5.10 Å². The van der Waals surface area contributed by atoms with Crippen molar-refractivity contribution in [1.29, 1.82) is 0 Å². The van der Waals surface area contributed by atoms with Gasteiger partial charge in [0.15, 0.2) is 11.3 Å². The number of thiophene rings is 1. The van der Waals surface area contributed by atoms with Gasteiger partial charge in [-0.1, -0.05) is 18.2 Å². The largest absolute Gasteiger partial charge is 0.383 e. The SMILES string of the molecule is COCCn1c(C)nc2c(c1=O)c1nc3ccccc3nc1n2N=Cc1cccs1. The molecule has 0 fully saturated rings. The molecule has 1 aromatic carbocycles. The molecule has 0 saturated carbocycles. The second-order valence-corrected chi connectivity index (χ2v) is 7.74. The second kappa shape index (κ2) is 7.43. The number of aromatic nitrogens is 5. The molecular formula is C21H18N6O2S. The predicted octanol–water partition coefficient (Wildman–Crippen LogP) is 3.19. The normalized spacial score (nSPS) is 12.1. The number of hydrogen-bond donors (Lipinski definition) is 0. The molecule has 0 aliphatic heterocycles. The lowest BCUT2D eigenvalue weighted by molar-refractivity contribution is 0.185. The van der Waals surface area contributed by atoms with Gasteiger partial charge in [0.1, 0.15) is 16.7 Å². The quantitative estimate of drug-likeness (QED) is 0.409. The van der Waals surface area contributed by atoms with Crippen LogP contribution in [0.3, 0.4) is 0 Å². The van der Waals surface area contributed by atoms with Crippen LogP contribution in [0.5, 0.6) is 0 Å². The third-order valence-corrected chi connectivity index (χ3v) is 5.70. The molecule has 0 saturated heterocycles. The summed E-state index contributed by atoms with van der Waals surface area (Å²) in [5.41, 5.74) is 2.73. The smallest absolute Gasteiger partial charge is 0.265 e. The molecule has 9 heteroatoms. The fraction of sp³-hybridized carbons (Fsp3) is 0.190. The van der Waals surface area contributed by atoms with Crippen molar-refractivity contribution in [3.05, 3.63) is 62.8 Å². The zero-order valence-electron chi connectivity index (χ0n) is 16.4. The third kappa shape index (κ3) is 2.99. The predicted molar refractivity (Wildman–Crippen MR) is 119 cm³/mol. The average Bonchev–Trinajstić information content (AvgIpc) is 3.36. The van der Waals surface area contributed by atoms with Crippen LogP contribution < -0.4 is 5.56 Å². The highest BCUT2D eigenvalue weighted by Crippen LogP contribution is 2.25. The van der Waals surface area contributed by atoms with E-state index < -0.39 is 0 Å². The standard InChI is InChI=1S/C21H18N6O2S/c1-13-23-19-17(21(28)26(13)9-10-29-2)18-20(25-16-8-4-3-7-15(16)24-18)27(19)22-12-14-6-5-11-30-14/h3-8,11-12H,9-10H2,1-2H3. The zero-order valence-corrected chi connectivity index (χ0v) is 17.3. The van der Waals surface area contributed by atoms with Gasteiger partial charge in [-0.3, -0.25) is 9.36 Å². The van der Waals surface area contributed by atoms with Gasteiger partial charge in [-0.25, -0.2) is 15.0 Å². The zero-order chi connectivity index (χ0) is 20.7. The maximum Gasteiger partial charge on any atom is 0.265 e. The van der Waals surface area contributed by atoms with E-state index in [2.05, 4.69) is 5.10 Å². The fourth-order valence-electron chi connectivity index (χ4n) is 3.45. The van der Waals surface area contributed by atoms with Crippen LogP contribution in [0.2, 0.25) is 0 Å². The summed E-state index contributed by atoms with van der Waals surface area (Å²) in [4.78, 5) is 28.6. The lowest BCUT2D eigenvalue weighted by Gasteiger charge is -2.08. The molecule has 5 rings (SSSR count). The fourth-order valence-corrected chi connectivity index (χ4v) is 4.03. The molecule has 0 amide bonds. The average molecular weight is 418 g/mol. The van der Waals surface area contributed by atoms with E-state index in [1.807, 2.05) is 41.8 Å². The summed E-state index contributed by atoms with van der Waals surface area (Å²) in [6.45, 7) is 2.63. The Hall–Kier alpha value is -3.43. The Morgan fingerprint density at radius 2 is 1.90 bits per heavy atom. The molecule has 0 radical (unpaired) electrons. The molecule has 4 heterocycles. The molecule has 4 aromatic heterocycles. The molecule has 0 spiro atoms. The highest BCUT2D eigenvalue weighted by atomic mass is 32.1. The van der Waals surface area contributed by atoms with Gasteiger partial charge in [-0.2, -0.15) is 9.78 Å². The van der Waals surface area contributed by atoms with Gasteiger partial charge >= 0.3 is 0 Å². The highest BCUT2D eigenvalue weighted by molar-refractivity contribution is 7.11. The van der Waals surface area contributed by atoms with Gasteiger partial charge in [0.05, 0.1) is 30.4 Å². The van der Waals surface area contributed by atoms with Crippen LogP contribution in [-0.2, 0) is 11.3 Å². The highest BCUT2D eigenvalue weighted by Gasteiger charge is 2.21. The molecular weight excluding hydrogens is 400 g/mol. The Morgan fingerprint density at radius 1 is 1.10 bits per heavy atom. The van der Waals surface area contributed by atoms with Crippen molar-refractivity contribution in [3.63, 3.8) is 0 Å². The number of ether oxygens (including phenoxy) is 1. The van der Waals surface area contributed by atoms with Gasteiger partial charge in [-0.15, -0.1) is 11.3 Å². The van der Waals surface area contributed by atoms with Crippen LogP contribution in [0.4, 0.5) is 0 Å². The number of benzene rings is 1. The Kier molecular flexibility index (Phi) is 4.61. The molecule has 0 atom stereocenters. The molecule has 8 nitrogen and oxygen atoms in total. The van der Waals surface area contributed by atoms with E-state index in [1.54, 1.807) is 40.8 Å². The van der Waals surface area contributed by atoms with Crippen molar-refractivity contribution in [2.75, 3.05) is 13.7 Å². The van der Waals surface area contributed by atoms with Gasteiger partial charge in [0.25, 0.3) is 5.56 Å². The molecule has 0 unspecified atom stereocenters. The van der Waals surface area contributed by atoms with Crippen molar-refractivity contribution >= 4 is 50.8 Å². The molecule has 150 valence electrons. The first-order valence-corrected chi connectivity index (χ1v) is 10.3. The number of nitrogens with zero attached hydrogens (tertiary/aromatic N) is 6. The minimum atomic E-state index is -0.172. The number of fused-ring (bicyclic) bond motifs is 4. The van der Waals surface area contributed by atoms with Crippen molar-refractivity contribution in [1.82, 2.24) is 24.2 Å². The number of aryl methyl sites for hydroxylation is 1. The van der Waals surface area contributed by atoms with Gasteiger partial charge in [0, 0.05) is 12.0 Å². The van der Waals surface area contributed by atoms with Crippen molar-refractivity contribution in [3.8, 4) is 0 Å². The first kappa shape index (κ1) is 18.6. The van der Waals surface area contributed by atoms with E-state index >= 15 is 0 Å². The van der Waals surface area contributed by atoms with Crippen molar-refractivity contribution < 1.29 is 4.74 Å². The maximum atomic E-state index is 13.4. The minimum Gasteiger partial charge on any atom is -0.383 e. The Morgan fingerprint density at radius 3 is 2.63 bits per heavy atom. The molecule has 0 aliphatic rings. The molecule has 0 N–H and O–H groups in total. The lowest BCUT2D eigenvalue weighted by atomic mass is 10.3. The van der Waals surface area contributed by atoms with Crippen LogP contribution in [0.15, 0.2) is 51.7 Å². The Labute approximate surface area is 175 Å². The molecule has 5 aromatic rings. The van der Waals surface area contributed by atoms with E-state index in [0.29, 0.717) is 41.2 Å². The molecule has 30 heavy (non-hydrogen) atoms. The summed E-state index contributed by atoms with van der Waals surface area (Å²) >= 11 is 1.58. The number of rotatable bonds is 5. The number of methoxy groups -OCH3 is 1. The molecule has 0 aliphatic carbocycles. The minimum absolute atomic E-state index is 0.172. The third-order valence-electron chi connectivity index (χ3n) is 4.89. The number of para-hydroxylation sites is 2. The van der Waals surface area contributed by atoms with E-state index in [4.69, 9.17) is 19.7 Å². The van der Waals surface area contributed by atoms with Crippen LogP contribution in [-0.4, -0.2) is 44.1 Å². The topological polar surface area (TPSA) is 87.2 Å². The Balaban J connectivity index is 1.87. The van der Waals surface area contributed by atoms with E-state index in [0.717, 1.165) is 15.9 Å². The summed E-state index contributed by atoms with van der Waals surface area (Å²) in [7, 11) is 1.61. The second-order valence-electron chi connectivity index (χ2n) is 6.76. The summed E-state index contributed by atoms with van der Waals surface area (Å²) in [6, 6.07) is 11.5. The van der Waals surface area contributed by atoms with E-state index in [1.165, 1.54) is 0 Å². The monoisotopic (exact) mass is 418 g/mol. The lowest BCUT2D eigenvalue weighted by Crippen LogP contribution is -2.25. The number of hydrogen-bond acceptors (Lipinski definition) is 7. The van der Waals surface area contributed by atoms with Gasteiger partial charge in [0.2, 0.25) is 0 Å². The van der Waals surface area contributed by atoms with Gasteiger partial charge in [-0.05, 0) is 30.5 Å². The summed E-state index contributed by atoms with van der Waals surface area (Å²) in [5.74, 6) is 0.587. The maximum absolute atomic E-state index is 13.4. The van der Waals surface area contributed by atoms with Crippen LogP contribution in [0.1, 0.15) is 10.7 Å². The van der Waals surface area contributed by atoms with Crippen LogP contribution in [0.25, 0.3) is 33.2 Å². The summed E-state index contributed by atoms with van der Waals surface area (Å²) in [6.07, 6.45) is 1.74. The van der Waals surface area contributed by atoms with E-state index in [9.17, 15) is 4.79 Å². The summed E-state index contributed by atoms with van der Waals surface area (Å²) in [5, 5.41) is 7.00. The van der Waals surface area contributed by atoms with Gasteiger partial charge < -0.3 is 4.74 Å². The van der Waals surface area contributed by atoms with Crippen LogP contribution >= 0.6 is 11.3 Å². The summed E-state index contributed by atoms with van der Waals surface area (Å²) < 4.78 is 8.37. The van der Waals surface area contributed by atoms with E-state index in [-0.39, 0.29) is 5.56 Å². The Bertz CT molecular complexity index is 1470. The van der Waals surface area contributed by atoms with Crippen LogP contribution in [0, 0.1) is 6.92 Å². The first-order chi connectivity index (χ1) is 14.7. The van der Waals surface area contributed by atoms with Crippen molar-refractivity contribution in [2.45, 2.75) is 13.5 Å². The molecule has 0 bridgehead atoms.